The Balaban J connectivity index is 1.87. The minimum atomic E-state index is -3.61. The van der Waals surface area contributed by atoms with Crippen LogP contribution in [0.2, 0.25) is 5.02 Å². The van der Waals surface area contributed by atoms with Crippen LogP contribution in [0.3, 0.4) is 0 Å². The van der Waals surface area contributed by atoms with Crippen LogP contribution in [0.5, 0.6) is 0 Å². The van der Waals surface area contributed by atoms with Gasteiger partial charge in [-0.05, 0) is 74.1 Å². The maximum Gasteiger partial charge on any atom is 0.255 e. The fourth-order valence-electron chi connectivity index (χ4n) is 3.34. The number of amides is 1. The Morgan fingerprint density at radius 3 is 2.39 bits per heavy atom. The number of anilines is 1. The quantitative estimate of drug-likeness (QED) is 0.784. The molecule has 5 nitrogen and oxygen atoms in total. The van der Waals surface area contributed by atoms with Gasteiger partial charge in [0.25, 0.3) is 5.91 Å². The van der Waals surface area contributed by atoms with Crippen molar-refractivity contribution >= 4 is 33.2 Å². The van der Waals surface area contributed by atoms with E-state index >= 15 is 0 Å². The van der Waals surface area contributed by atoms with Gasteiger partial charge in [0.15, 0.2) is 0 Å². The number of piperidine rings is 1. The second-order valence-electron chi connectivity index (χ2n) is 7.48. The molecule has 1 amide bonds. The van der Waals surface area contributed by atoms with Crippen LogP contribution >= 0.6 is 11.6 Å². The lowest BCUT2D eigenvalue weighted by atomic mass is 10.0. The van der Waals surface area contributed by atoms with Crippen molar-refractivity contribution < 1.29 is 13.2 Å². The second-order valence-corrected chi connectivity index (χ2v) is 9.85. The molecule has 0 aliphatic carbocycles. The van der Waals surface area contributed by atoms with E-state index in [0.717, 1.165) is 24.0 Å². The van der Waals surface area contributed by atoms with Crippen LogP contribution < -0.4 is 5.32 Å². The van der Waals surface area contributed by atoms with Gasteiger partial charge in [0.05, 0.1) is 4.90 Å². The van der Waals surface area contributed by atoms with Crippen molar-refractivity contribution in [2.75, 3.05) is 18.4 Å². The highest BCUT2D eigenvalue weighted by Gasteiger charge is 2.29. The molecular weight excluding hydrogens is 396 g/mol. The molecular formula is C21H25ClN2O3S. The highest BCUT2D eigenvalue weighted by atomic mass is 35.5. The number of rotatable bonds is 4. The third kappa shape index (κ3) is 4.40. The van der Waals surface area contributed by atoms with Crippen LogP contribution in [-0.2, 0) is 10.0 Å². The van der Waals surface area contributed by atoms with Gasteiger partial charge in [-0.15, -0.1) is 0 Å². The van der Waals surface area contributed by atoms with E-state index in [9.17, 15) is 13.2 Å². The highest BCUT2D eigenvalue weighted by molar-refractivity contribution is 7.89. The van der Waals surface area contributed by atoms with Crippen molar-refractivity contribution in [3.05, 3.63) is 58.1 Å². The molecule has 0 radical (unpaired) electrons. The van der Waals surface area contributed by atoms with E-state index in [0.29, 0.717) is 35.3 Å². The van der Waals surface area contributed by atoms with Gasteiger partial charge in [0, 0.05) is 29.4 Å². The summed E-state index contributed by atoms with van der Waals surface area (Å²) in [6.45, 7) is 6.82. The smallest absolute Gasteiger partial charge is 0.255 e. The predicted octanol–water partition coefficient (Wildman–Crippen LogP) is 4.63. The van der Waals surface area contributed by atoms with E-state index in [1.54, 1.807) is 37.3 Å². The van der Waals surface area contributed by atoms with E-state index in [1.165, 1.54) is 10.4 Å². The van der Waals surface area contributed by atoms with Gasteiger partial charge in [-0.1, -0.05) is 24.6 Å². The summed E-state index contributed by atoms with van der Waals surface area (Å²) in [7, 11) is -3.61. The predicted molar refractivity (Wildman–Crippen MR) is 112 cm³/mol. The summed E-state index contributed by atoms with van der Waals surface area (Å²) in [6.07, 6.45) is 1.71. The zero-order valence-electron chi connectivity index (χ0n) is 16.3. The zero-order valence-corrected chi connectivity index (χ0v) is 17.9. The lowest BCUT2D eigenvalue weighted by Gasteiger charge is -2.29. The molecule has 1 heterocycles. The molecule has 0 bridgehead atoms. The number of benzene rings is 2. The molecule has 1 N–H and O–H groups in total. The number of hydrogen-bond donors (Lipinski definition) is 1. The molecule has 1 aliphatic heterocycles. The standard InChI is InChI=1S/C21H25ClN2O3S/c1-14-8-10-24(11-9-14)28(26,27)18-6-4-15(2)19(13-18)21(25)23-20-7-5-17(22)12-16(20)3/h4-7,12-14H,8-11H2,1-3H3,(H,23,25). The van der Waals surface area contributed by atoms with Crippen LogP contribution in [0, 0.1) is 19.8 Å². The van der Waals surface area contributed by atoms with Gasteiger partial charge >= 0.3 is 0 Å². The minimum absolute atomic E-state index is 0.158. The van der Waals surface area contributed by atoms with Crippen LogP contribution in [0.4, 0.5) is 5.69 Å². The number of aryl methyl sites for hydroxylation is 2. The fourth-order valence-corrected chi connectivity index (χ4v) is 5.06. The molecule has 2 aromatic carbocycles. The highest BCUT2D eigenvalue weighted by Crippen LogP contribution is 2.26. The maximum absolute atomic E-state index is 13.0. The molecule has 2 aromatic rings. The molecule has 28 heavy (non-hydrogen) atoms. The number of carbonyl (C=O) groups excluding carboxylic acids is 1. The first-order valence-electron chi connectivity index (χ1n) is 9.37. The first kappa shape index (κ1) is 20.8. The van der Waals surface area contributed by atoms with Crippen molar-refractivity contribution in [3.8, 4) is 0 Å². The Morgan fingerprint density at radius 1 is 1.07 bits per heavy atom. The van der Waals surface area contributed by atoms with E-state index in [4.69, 9.17) is 11.6 Å². The van der Waals surface area contributed by atoms with Crippen molar-refractivity contribution in [2.24, 2.45) is 5.92 Å². The molecule has 1 saturated heterocycles. The number of carbonyl (C=O) groups is 1. The zero-order chi connectivity index (χ0) is 20.5. The van der Waals surface area contributed by atoms with E-state index < -0.39 is 10.0 Å². The van der Waals surface area contributed by atoms with Crippen molar-refractivity contribution in [3.63, 3.8) is 0 Å². The van der Waals surface area contributed by atoms with E-state index in [-0.39, 0.29) is 10.8 Å². The van der Waals surface area contributed by atoms with E-state index in [2.05, 4.69) is 12.2 Å². The Kier molecular flexibility index (Phi) is 6.12. The molecule has 0 unspecified atom stereocenters. The lowest BCUT2D eigenvalue weighted by Crippen LogP contribution is -2.38. The van der Waals surface area contributed by atoms with Gasteiger partial charge in [-0.2, -0.15) is 4.31 Å². The average Bonchev–Trinajstić information content (AvgIpc) is 2.64. The number of hydrogen-bond acceptors (Lipinski definition) is 3. The topological polar surface area (TPSA) is 66.5 Å². The van der Waals surface area contributed by atoms with Crippen molar-refractivity contribution in [1.29, 1.82) is 0 Å². The second kappa shape index (κ2) is 8.23. The van der Waals surface area contributed by atoms with Crippen LogP contribution in [0.25, 0.3) is 0 Å². The van der Waals surface area contributed by atoms with Crippen LogP contribution in [0.15, 0.2) is 41.3 Å². The first-order chi connectivity index (χ1) is 13.2. The molecule has 3 rings (SSSR count). The fraction of sp³-hybridized carbons (Fsp3) is 0.381. The Morgan fingerprint density at radius 2 is 1.75 bits per heavy atom. The van der Waals surface area contributed by atoms with Crippen LogP contribution in [-0.4, -0.2) is 31.7 Å². The van der Waals surface area contributed by atoms with Gasteiger partial charge in [-0.25, -0.2) is 8.42 Å². The summed E-state index contributed by atoms with van der Waals surface area (Å²) < 4.78 is 27.5. The number of nitrogens with one attached hydrogen (secondary N) is 1. The number of nitrogens with zero attached hydrogens (tertiary/aromatic N) is 1. The van der Waals surface area contributed by atoms with Gasteiger partial charge in [0.2, 0.25) is 10.0 Å². The van der Waals surface area contributed by atoms with Crippen molar-refractivity contribution in [1.82, 2.24) is 4.31 Å². The number of sulfonamides is 1. The third-order valence-corrected chi connectivity index (χ3v) is 7.40. The molecule has 0 saturated carbocycles. The van der Waals surface area contributed by atoms with Gasteiger partial charge in [-0.3, -0.25) is 4.79 Å². The summed E-state index contributed by atoms with van der Waals surface area (Å²) >= 11 is 5.97. The minimum Gasteiger partial charge on any atom is -0.322 e. The molecule has 0 spiro atoms. The summed E-state index contributed by atoms with van der Waals surface area (Å²) in [5.41, 5.74) is 2.55. The summed E-state index contributed by atoms with van der Waals surface area (Å²) in [5.74, 6) is 0.195. The molecule has 7 heteroatoms. The summed E-state index contributed by atoms with van der Waals surface area (Å²) in [6, 6.07) is 9.94. The Hall–Kier alpha value is -1.89. The van der Waals surface area contributed by atoms with Gasteiger partial charge < -0.3 is 5.32 Å². The van der Waals surface area contributed by atoms with Crippen molar-refractivity contribution in [2.45, 2.75) is 38.5 Å². The Labute approximate surface area is 171 Å². The average molecular weight is 421 g/mol. The first-order valence-corrected chi connectivity index (χ1v) is 11.2. The normalized spacial score (nSPS) is 16.1. The monoisotopic (exact) mass is 420 g/mol. The summed E-state index contributed by atoms with van der Waals surface area (Å²) in [4.78, 5) is 13.0. The molecule has 0 aromatic heterocycles. The lowest BCUT2D eigenvalue weighted by molar-refractivity contribution is 0.102. The molecule has 1 aliphatic rings. The molecule has 150 valence electrons. The third-order valence-electron chi connectivity index (χ3n) is 5.27. The molecule has 0 atom stereocenters. The van der Waals surface area contributed by atoms with Gasteiger partial charge in [0.1, 0.15) is 0 Å². The number of halogens is 1. The van der Waals surface area contributed by atoms with E-state index in [1.807, 2.05) is 6.92 Å². The Bertz CT molecular complexity index is 997. The largest absolute Gasteiger partial charge is 0.322 e. The SMILES string of the molecule is Cc1cc(Cl)ccc1NC(=O)c1cc(S(=O)(=O)N2CCC(C)CC2)ccc1C. The summed E-state index contributed by atoms with van der Waals surface area (Å²) in [5, 5.41) is 3.45. The van der Waals surface area contributed by atoms with Crippen LogP contribution in [0.1, 0.15) is 41.3 Å². The molecule has 1 fully saturated rings. The maximum atomic E-state index is 13.0.